The van der Waals surface area contributed by atoms with Crippen LogP contribution in [0.4, 0.5) is 0 Å². The van der Waals surface area contributed by atoms with Crippen molar-refractivity contribution < 1.29 is 23.9 Å². The summed E-state index contributed by atoms with van der Waals surface area (Å²) in [5, 5.41) is 0. The Morgan fingerprint density at radius 2 is 1.08 bits per heavy atom. The number of ketones is 2. The van der Waals surface area contributed by atoms with Crippen LogP contribution in [0.2, 0.25) is 0 Å². The van der Waals surface area contributed by atoms with Crippen molar-refractivity contribution in [3.63, 3.8) is 0 Å². The third kappa shape index (κ3) is 5.12. The van der Waals surface area contributed by atoms with E-state index in [1.165, 1.54) is 0 Å². The summed E-state index contributed by atoms with van der Waals surface area (Å²) in [5.41, 5.74) is 0. The zero-order valence-corrected chi connectivity index (χ0v) is 16.5. The number of hydrogen-bond acceptors (Lipinski definition) is 5. The van der Waals surface area contributed by atoms with Gasteiger partial charge in [-0.2, -0.15) is 0 Å². The molecular weight excluding hydrogens is 332 g/mol. The number of Topliss-reactive ketones (excluding diaryl/α,β-unsaturated/α-hetero) is 2. The predicted molar refractivity (Wildman–Crippen MR) is 99.2 cm³/mol. The van der Waals surface area contributed by atoms with Crippen molar-refractivity contribution in [3.8, 4) is 0 Å². The first kappa shape index (κ1) is 22.3. The number of cyclic esters (lactones) is 2. The summed E-state index contributed by atoms with van der Waals surface area (Å²) in [7, 11) is 0. The fourth-order valence-corrected chi connectivity index (χ4v) is 3.92. The molecule has 5 heteroatoms. The van der Waals surface area contributed by atoms with E-state index in [1.807, 2.05) is 39.8 Å². The van der Waals surface area contributed by atoms with E-state index in [0.717, 1.165) is 25.7 Å². The van der Waals surface area contributed by atoms with Gasteiger partial charge in [0.2, 0.25) is 0 Å². The smallest absolute Gasteiger partial charge is 0.317 e. The van der Waals surface area contributed by atoms with E-state index in [2.05, 4.69) is 4.74 Å². The summed E-state index contributed by atoms with van der Waals surface area (Å²) in [4.78, 5) is 44.3. The fourth-order valence-electron chi connectivity index (χ4n) is 3.92. The van der Waals surface area contributed by atoms with Crippen LogP contribution in [0.1, 0.15) is 72.6 Å². The molecule has 2 saturated carbocycles. The quantitative estimate of drug-likeness (QED) is 0.368. The molecule has 0 spiro atoms. The molecule has 3 fully saturated rings. The Morgan fingerprint density at radius 3 is 1.46 bits per heavy atom. The molecule has 146 valence electrons. The molecule has 5 nitrogen and oxygen atoms in total. The van der Waals surface area contributed by atoms with Crippen molar-refractivity contribution in [1.82, 2.24) is 0 Å². The van der Waals surface area contributed by atoms with Gasteiger partial charge in [-0.3, -0.25) is 19.2 Å². The second-order valence-corrected chi connectivity index (χ2v) is 6.50. The van der Waals surface area contributed by atoms with Gasteiger partial charge >= 0.3 is 11.9 Å². The van der Waals surface area contributed by atoms with Gasteiger partial charge in [0.1, 0.15) is 11.6 Å². The topological polar surface area (TPSA) is 77.5 Å². The van der Waals surface area contributed by atoms with Gasteiger partial charge in [-0.05, 0) is 25.7 Å². The minimum atomic E-state index is -0.343. The lowest BCUT2D eigenvalue weighted by Crippen LogP contribution is -2.21. The molecule has 0 aromatic rings. The number of carbonyl (C=O) groups is 4. The number of allylic oxidation sites excluding steroid dienone is 2. The number of carbonyl (C=O) groups excluding carboxylic acids is 4. The summed E-state index contributed by atoms with van der Waals surface area (Å²) >= 11 is 0. The normalized spacial score (nSPS) is 31.2. The summed E-state index contributed by atoms with van der Waals surface area (Å²) < 4.78 is 4.49. The van der Waals surface area contributed by atoms with Gasteiger partial charge in [0.25, 0.3) is 0 Å². The van der Waals surface area contributed by atoms with E-state index < -0.39 is 0 Å². The maximum Gasteiger partial charge on any atom is 0.317 e. The van der Waals surface area contributed by atoms with Crippen molar-refractivity contribution in [2.75, 3.05) is 0 Å². The Morgan fingerprint density at radius 1 is 0.692 bits per heavy atom. The molecule has 4 rings (SSSR count). The molecule has 0 aromatic carbocycles. The molecule has 3 aliphatic carbocycles. The lowest BCUT2D eigenvalue weighted by atomic mass is 9.81. The van der Waals surface area contributed by atoms with Crippen LogP contribution in [0.3, 0.4) is 0 Å². The van der Waals surface area contributed by atoms with Crippen LogP contribution in [0, 0.1) is 23.7 Å². The van der Waals surface area contributed by atoms with Gasteiger partial charge in [-0.1, -0.05) is 52.7 Å². The molecule has 0 amide bonds. The first-order chi connectivity index (χ1) is 12.6. The van der Waals surface area contributed by atoms with E-state index in [1.54, 1.807) is 0 Å². The van der Waals surface area contributed by atoms with Crippen molar-refractivity contribution in [2.24, 2.45) is 23.7 Å². The van der Waals surface area contributed by atoms with Crippen molar-refractivity contribution >= 4 is 23.5 Å². The van der Waals surface area contributed by atoms with Gasteiger partial charge in [0, 0.05) is 11.8 Å². The highest BCUT2D eigenvalue weighted by molar-refractivity contribution is 6.08. The zero-order chi connectivity index (χ0) is 19.7. The van der Waals surface area contributed by atoms with Gasteiger partial charge in [-0.25, -0.2) is 0 Å². The van der Waals surface area contributed by atoms with Crippen LogP contribution in [-0.2, 0) is 23.9 Å². The molecule has 0 radical (unpaired) electrons. The molecule has 4 aliphatic rings. The van der Waals surface area contributed by atoms with Crippen LogP contribution in [0.5, 0.6) is 0 Å². The number of fused-ring (bicyclic) bond motifs is 2. The fraction of sp³-hybridized carbons (Fsp3) is 0.714. The van der Waals surface area contributed by atoms with Crippen LogP contribution < -0.4 is 0 Å². The summed E-state index contributed by atoms with van der Waals surface area (Å²) in [6, 6.07) is 0. The minimum Gasteiger partial charge on any atom is -0.393 e. The Bertz CT molecular complexity index is 503. The van der Waals surface area contributed by atoms with Crippen molar-refractivity contribution in [2.45, 2.75) is 72.6 Å². The average molecular weight is 364 g/mol. The largest absolute Gasteiger partial charge is 0.393 e. The van der Waals surface area contributed by atoms with Crippen LogP contribution >= 0.6 is 0 Å². The Hall–Kier alpha value is -1.78. The van der Waals surface area contributed by atoms with Crippen LogP contribution in [0.25, 0.3) is 0 Å². The van der Waals surface area contributed by atoms with Crippen LogP contribution in [0.15, 0.2) is 12.2 Å². The predicted octanol–water partition coefficient (Wildman–Crippen LogP) is 4.04. The summed E-state index contributed by atoms with van der Waals surface area (Å²) in [6.45, 7) is 8.00. The first-order valence-corrected chi connectivity index (χ1v) is 10.0. The summed E-state index contributed by atoms with van der Waals surface area (Å²) in [6.07, 6.45) is 9.63. The second kappa shape index (κ2) is 11.0. The lowest BCUT2D eigenvalue weighted by Gasteiger charge is -2.21. The molecule has 26 heavy (non-hydrogen) atoms. The molecule has 1 aliphatic heterocycles. The highest BCUT2D eigenvalue weighted by atomic mass is 16.6. The molecule has 1 saturated heterocycles. The van der Waals surface area contributed by atoms with Crippen LogP contribution in [-0.4, -0.2) is 23.5 Å². The monoisotopic (exact) mass is 364 g/mol. The lowest BCUT2D eigenvalue weighted by molar-refractivity contribution is -0.153. The minimum absolute atomic E-state index is 0.122. The third-order valence-corrected chi connectivity index (χ3v) is 5.18. The van der Waals surface area contributed by atoms with Crippen molar-refractivity contribution in [3.05, 3.63) is 12.2 Å². The molecule has 1 heterocycles. The maximum atomic E-state index is 11.2. The highest BCUT2D eigenvalue weighted by Crippen LogP contribution is 2.37. The Kier molecular flexibility index (Phi) is 9.46. The van der Waals surface area contributed by atoms with E-state index in [0.29, 0.717) is 12.8 Å². The van der Waals surface area contributed by atoms with E-state index in [4.69, 9.17) is 0 Å². The zero-order valence-electron chi connectivity index (χ0n) is 16.5. The second-order valence-electron chi connectivity index (χ2n) is 6.50. The number of rotatable bonds is 0. The van der Waals surface area contributed by atoms with Gasteiger partial charge in [-0.15, -0.1) is 0 Å². The highest BCUT2D eigenvalue weighted by Gasteiger charge is 2.44. The van der Waals surface area contributed by atoms with E-state index in [9.17, 15) is 19.2 Å². The van der Waals surface area contributed by atoms with E-state index in [-0.39, 0.29) is 53.6 Å². The number of hydrogen-bond donors (Lipinski definition) is 0. The van der Waals surface area contributed by atoms with Crippen molar-refractivity contribution in [1.29, 1.82) is 0 Å². The standard InChI is InChI=1S/C9H12O2.C8H8O3.2C2H6/c10-8-5-9(11)7-4-2-1-3-6(7)8;9-7-5-3-1-2-4-6(5)8(10)11-7;2*1-2/h6-7H,1-5H2;1-2,5-6H,3-4H2;2*1-2H3. The van der Waals surface area contributed by atoms with Gasteiger partial charge < -0.3 is 4.74 Å². The SMILES string of the molecule is CC.CC.O=C1CC(=O)C2CCCCC12.O=C1OC(=O)C2CC=CCC12. The van der Waals surface area contributed by atoms with Gasteiger partial charge in [0.05, 0.1) is 18.3 Å². The summed E-state index contributed by atoms with van der Waals surface area (Å²) in [5.74, 6) is -0.402. The maximum absolute atomic E-state index is 11.2. The Balaban J connectivity index is 0.000000219. The molecule has 4 unspecified atom stereocenters. The molecule has 4 atom stereocenters. The first-order valence-electron chi connectivity index (χ1n) is 10.0. The molecule has 0 bridgehead atoms. The molecular formula is C21H32O5. The average Bonchev–Trinajstić information content (AvgIpc) is 3.15. The third-order valence-electron chi connectivity index (χ3n) is 5.18. The number of ether oxygens (including phenoxy) is 1. The van der Waals surface area contributed by atoms with E-state index >= 15 is 0 Å². The molecule has 0 N–H and O–H groups in total. The molecule has 0 aromatic heterocycles. The number of esters is 2. The van der Waals surface area contributed by atoms with Gasteiger partial charge in [0.15, 0.2) is 0 Å². The Labute approximate surface area is 156 Å².